The van der Waals surface area contributed by atoms with Crippen LogP contribution in [0.25, 0.3) is 0 Å². The van der Waals surface area contributed by atoms with Crippen molar-refractivity contribution in [3.8, 4) is 5.75 Å². The average molecular weight is 619 g/mol. The van der Waals surface area contributed by atoms with Gasteiger partial charge in [-0.1, -0.05) is 131 Å². The monoisotopic (exact) mass is 619 g/mol. The lowest BCUT2D eigenvalue weighted by atomic mass is 9.78. The van der Waals surface area contributed by atoms with E-state index in [9.17, 15) is 9.90 Å². The Labute approximate surface area is 270 Å². The van der Waals surface area contributed by atoms with Gasteiger partial charge in [-0.25, -0.2) is 0 Å². The molecular formula is C38H68NO5+. The minimum atomic E-state index is -0.189. The molecule has 0 aromatic heterocycles. The number of hydrogen-bond acceptors (Lipinski definition) is 5. The maximum absolute atomic E-state index is 12.8. The number of esters is 1. The summed E-state index contributed by atoms with van der Waals surface area (Å²) in [5, 5.41) is 11.0. The van der Waals surface area contributed by atoms with Gasteiger partial charge in [0.1, 0.15) is 32.0 Å². The third-order valence-electron chi connectivity index (χ3n) is 9.16. The second-order valence-corrected chi connectivity index (χ2v) is 15.3. The molecule has 1 aromatic carbocycles. The van der Waals surface area contributed by atoms with Gasteiger partial charge in [0.05, 0.1) is 19.8 Å². The van der Waals surface area contributed by atoms with Gasteiger partial charge in [0.25, 0.3) is 0 Å². The molecule has 0 radical (unpaired) electrons. The van der Waals surface area contributed by atoms with E-state index in [0.29, 0.717) is 31.9 Å². The number of phenols is 1. The van der Waals surface area contributed by atoms with E-state index in [-0.39, 0.29) is 16.8 Å². The van der Waals surface area contributed by atoms with Gasteiger partial charge in [-0.3, -0.25) is 9.28 Å². The van der Waals surface area contributed by atoms with Crippen molar-refractivity contribution in [2.45, 2.75) is 149 Å². The van der Waals surface area contributed by atoms with E-state index in [1.165, 1.54) is 70.6 Å². The molecule has 0 unspecified atom stereocenters. The van der Waals surface area contributed by atoms with Gasteiger partial charge in [-0.05, 0) is 40.4 Å². The van der Waals surface area contributed by atoms with Crippen LogP contribution in [0, 0.1) is 0 Å². The molecule has 6 nitrogen and oxygen atoms in total. The lowest BCUT2D eigenvalue weighted by Gasteiger charge is -2.40. The molecule has 1 aliphatic rings. The number of quaternary nitrogens is 1. The molecule has 0 bridgehead atoms. The normalized spacial score (nSPS) is 15.4. The number of aryl methyl sites for hydroxylation is 1. The number of ether oxygens (including phenoxy) is 3. The Hall–Kier alpha value is -1.63. The number of carbonyl (C=O) groups excluding carboxylic acids is 1. The van der Waals surface area contributed by atoms with Crippen LogP contribution in [0.2, 0.25) is 0 Å². The van der Waals surface area contributed by atoms with Crippen LogP contribution in [0.1, 0.15) is 149 Å². The summed E-state index contributed by atoms with van der Waals surface area (Å²) in [6.07, 6.45) is 17.1. The van der Waals surface area contributed by atoms with Crippen molar-refractivity contribution in [2.75, 3.05) is 52.8 Å². The topological polar surface area (TPSA) is 65.0 Å². The van der Waals surface area contributed by atoms with Crippen molar-refractivity contribution in [1.82, 2.24) is 0 Å². The fraction of sp³-hybridized carbons (Fsp3) is 0.816. The number of benzene rings is 1. The molecule has 1 aliphatic heterocycles. The Morgan fingerprint density at radius 3 is 1.80 bits per heavy atom. The first-order chi connectivity index (χ1) is 20.9. The fourth-order valence-corrected chi connectivity index (χ4v) is 6.10. The van der Waals surface area contributed by atoms with Crippen molar-refractivity contribution >= 4 is 5.97 Å². The highest BCUT2D eigenvalue weighted by Crippen LogP contribution is 2.40. The first-order valence-electron chi connectivity index (χ1n) is 17.9. The molecule has 2 rings (SSSR count). The average Bonchev–Trinajstić information content (AvgIpc) is 2.96. The Bertz CT molecular complexity index is 905. The maximum atomic E-state index is 12.8. The summed E-state index contributed by atoms with van der Waals surface area (Å²) >= 11 is 0. The van der Waals surface area contributed by atoms with Crippen LogP contribution in [0.5, 0.6) is 5.75 Å². The van der Waals surface area contributed by atoms with E-state index in [4.69, 9.17) is 14.2 Å². The van der Waals surface area contributed by atoms with Crippen LogP contribution < -0.4 is 0 Å². The quantitative estimate of drug-likeness (QED) is 0.0846. The fourth-order valence-electron chi connectivity index (χ4n) is 6.10. The summed E-state index contributed by atoms with van der Waals surface area (Å²) in [7, 11) is 0. The second-order valence-electron chi connectivity index (χ2n) is 15.3. The van der Waals surface area contributed by atoms with E-state index in [0.717, 1.165) is 67.0 Å². The molecule has 1 aromatic rings. The molecule has 44 heavy (non-hydrogen) atoms. The number of rotatable bonds is 21. The molecule has 1 N–H and O–H groups in total. The van der Waals surface area contributed by atoms with Crippen LogP contribution in [0.15, 0.2) is 12.1 Å². The molecule has 0 atom stereocenters. The van der Waals surface area contributed by atoms with Gasteiger partial charge in [0.15, 0.2) is 6.73 Å². The zero-order valence-corrected chi connectivity index (χ0v) is 29.7. The largest absolute Gasteiger partial charge is 0.507 e. The molecule has 0 spiro atoms. The van der Waals surface area contributed by atoms with E-state index < -0.39 is 0 Å². The third-order valence-corrected chi connectivity index (χ3v) is 9.16. The molecule has 0 saturated carbocycles. The summed E-state index contributed by atoms with van der Waals surface area (Å²) in [6, 6.07) is 4.11. The molecule has 1 saturated heterocycles. The number of hydrogen-bond donors (Lipinski definition) is 1. The lowest BCUT2D eigenvalue weighted by Crippen LogP contribution is -2.57. The highest BCUT2D eigenvalue weighted by atomic mass is 16.5. The highest BCUT2D eigenvalue weighted by Gasteiger charge is 2.31. The third kappa shape index (κ3) is 14.6. The van der Waals surface area contributed by atoms with Crippen LogP contribution in [-0.4, -0.2) is 68.4 Å². The molecule has 1 heterocycles. The standard InChI is InChI=1S/C38H67NO5/c1-8-9-10-11-12-13-14-15-16-17-18-19-25-43-31-39(22-26-42-27-23-39)24-28-44-35(40)21-20-32-29-33(37(2,3)4)36(41)34(30-32)38(5,6)7/h29-30H,8-28,31H2,1-7H3/p+1. The van der Waals surface area contributed by atoms with E-state index in [1.54, 1.807) is 0 Å². The minimum Gasteiger partial charge on any atom is -0.507 e. The van der Waals surface area contributed by atoms with Gasteiger partial charge in [-0.2, -0.15) is 0 Å². The van der Waals surface area contributed by atoms with E-state index in [2.05, 4.69) is 60.6 Å². The van der Waals surface area contributed by atoms with Crippen molar-refractivity contribution < 1.29 is 28.6 Å². The van der Waals surface area contributed by atoms with Crippen LogP contribution in [0.4, 0.5) is 0 Å². The van der Waals surface area contributed by atoms with E-state index >= 15 is 0 Å². The number of unbranched alkanes of at least 4 members (excludes halogenated alkanes) is 11. The lowest BCUT2D eigenvalue weighted by molar-refractivity contribution is -0.952. The minimum absolute atomic E-state index is 0.170. The zero-order valence-electron chi connectivity index (χ0n) is 29.7. The number of carbonyl (C=O) groups is 1. The van der Waals surface area contributed by atoms with Crippen molar-refractivity contribution in [3.63, 3.8) is 0 Å². The summed E-state index contributed by atoms with van der Waals surface area (Å²) < 4.78 is 18.3. The van der Waals surface area contributed by atoms with Gasteiger partial charge in [0.2, 0.25) is 0 Å². The first-order valence-corrected chi connectivity index (χ1v) is 17.9. The zero-order chi connectivity index (χ0) is 32.5. The van der Waals surface area contributed by atoms with Gasteiger partial charge in [-0.15, -0.1) is 0 Å². The van der Waals surface area contributed by atoms with Crippen LogP contribution in [-0.2, 0) is 36.3 Å². The van der Waals surface area contributed by atoms with Crippen LogP contribution in [0.3, 0.4) is 0 Å². The molecule has 254 valence electrons. The van der Waals surface area contributed by atoms with Crippen molar-refractivity contribution in [2.24, 2.45) is 0 Å². The Balaban J connectivity index is 1.70. The maximum Gasteiger partial charge on any atom is 0.306 e. The predicted octanol–water partition coefficient (Wildman–Crippen LogP) is 8.99. The number of nitrogens with zero attached hydrogens (tertiary/aromatic N) is 1. The van der Waals surface area contributed by atoms with Crippen molar-refractivity contribution in [1.29, 1.82) is 0 Å². The van der Waals surface area contributed by atoms with Gasteiger partial charge >= 0.3 is 5.97 Å². The predicted molar refractivity (Wildman–Crippen MR) is 182 cm³/mol. The molecule has 6 heteroatoms. The Morgan fingerprint density at radius 2 is 1.30 bits per heavy atom. The summed E-state index contributed by atoms with van der Waals surface area (Å²) in [6.45, 7) is 20.8. The molecule has 1 fully saturated rings. The van der Waals surface area contributed by atoms with Crippen LogP contribution >= 0.6 is 0 Å². The van der Waals surface area contributed by atoms with E-state index in [1.807, 2.05) is 0 Å². The SMILES string of the molecule is CCCCCCCCCCCCCCOC[N+]1(CCOC(=O)CCc2cc(C(C)(C)C)c(O)c(C(C)(C)C)c2)CCOCC1. The summed E-state index contributed by atoms with van der Waals surface area (Å²) in [5.41, 5.74) is 2.54. The molecule has 0 amide bonds. The highest BCUT2D eigenvalue weighted by molar-refractivity contribution is 5.69. The number of morpholine rings is 1. The number of phenolic OH excluding ortho intramolecular Hbond substituents is 1. The second kappa shape index (κ2) is 19.8. The number of aromatic hydroxyl groups is 1. The van der Waals surface area contributed by atoms with Gasteiger partial charge in [0, 0.05) is 6.42 Å². The summed E-state index contributed by atoms with van der Waals surface area (Å²) in [5.74, 6) is 0.202. The molecule has 0 aliphatic carbocycles. The van der Waals surface area contributed by atoms with Crippen molar-refractivity contribution in [3.05, 3.63) is 28.8 Å². The smallest absolute Gasteiger partial charge is 0.306 e. The summed E-state index contributed by atoms with van der Waals surface area (Å²) in [4.78, 5) is 12.8. The Morgan fingerprint density at radius 1 is 0.795 bits per heavy atom. The first kappa shape index (κ1) is 38.6. The van der Waals surface area contributed by atoms with Gasteiger partial charge < -0.3 is 19.3 Å². The Kier molecular flexibility index (Phi) is 17.3. The molecular weight excluding hydrogens is 550 g/mol.